The van der Waals surface area contributed by atoms with Gasteiger partial charge in [0, 0.05) is 18.2 Å². The van der Waals surface area contributed by atoms with E-state index in [2.05, 4.69) is 24.1 Å². The Balaban J connectivity index is 0.00000261. The number of hydrogen-bond acceptors (Lipinski definition) is 5. The van der Waals surface area contributed by atoms with Gasteiger partial charge < -0.3 is 18.9 Å². The molecule has 0 N–H and O–H groups in total. The molecule has 6 heteroatoms. The Morgan fingerprint density at radius 2 is 1.56 bits per heavy atom. The van der Waals surface area contributed by atoms with E-state index in [4.69, 9.17) is 18.9 Å². The Labute approximate surface area is 167 Å². The number of methoxy groups -OCH3 is 4. The molecule has 0 radical (unpaired) electrons. The van der Waals surface area contributed by atoms with Gasteiger partial charge in [0.2, 0.25) is 0 Å². The first-order valence-corrected chi connectivity index (χ1v) is 8.77. The van der Waals surface area contributed by atoms with Gasteiger partial charge in [-0.1, -0.05) is 12.1 Å². The molecule has 0 aliphatic carbocycles. The van der Waals surface area contributed by atoms with Crippen molar-refractivity contribution in [2.24, 2.45) is 0 Å². The maximum atomic E-state index is 5.74. The largest absolute Gasteiger partial charge is 0.493 e. The van der Waals surface area contributed by atoms with Crippen molar-refractivity contribution in [1.29, 1.82) is 0 Å². The molecule has 2 aromatic carbocycles. The zero-order chi connectivity index (χ0) is 18.7. The second-order valence-corrected chi connectivity index (χ2v) is 6.51. The van der Waals surface area contributed by atoms with Crippen molar-refractivity contribution in [3.63, 3.8) is 0 Å². The van der Waals surface area contributed by atoms with Gasteiger partial charge in [0.25, 0.3) is 0 Å². The zero-order valence-electron chi connectivity index (χ0n) is 16.6. The average molecular weight is 394 g/mol. The van der Waals surface area contributed by atoms with Crippen molar-refractivity contribution < 1.29 is 18.9 Å². The highest BCUT2D eigenvalue weighted by Gasteiger charge is 2.30. The lowest BCUT2D eigenvalue weighted by Gasteiger charge is -2.36. The first-order chi connectivity index (χ1) is 12.6. The minimum atomic E-state index is 0. The summed E-state index contributed by atoms with van der Waals surface area (Å²) in [5, 5.41) is 0. The SMILES string of the molecule is COc1ccc(CC2c3c(ccc(OC)c3OC)CCN2C)cc1OC.Cl. The minimum absolute atomic E-state index is 0. The van der Waals surface area contributed by atoms with Gasteiger partial charge in [-0.3, -0.25) is 4.90 Å². The van der Waals surface area contributed by atoms with E-state index in [1.165, 1.54) is 16.7 Å². The molecule has 1 atom stereocenters. The average Bonchev–Trinajstić information content (AvgIpc) is 2.68. The lowest BCUT2D eigenvalue weighted by Crippen LogP contribution is -2.33. The number of benzene rings is 2. The number of likely N-dealkylation sites (N-methyl/N-ethyl adjacent to an activating group) is 1. The van der Waals surface area contributed by atoms with E-state index < -0.39 is 0 Å². The third-order valence-electron chi connectivity index (χ3n) is 5.15. The molecular weight excluding hydrogens is 366 g/mol. The van der Waals surface area contributed by atoms with Gasteiger partial charge >= 0.3 is 0 Å². The zero-order valence-corrected chi connectivity index (χ0v) is 17.4. The highest BCUT2D eigenvalue weighted by molar-refractivity contribution is 5.85. The summed E-state index contributed by atoms with van der Waals surface area (Å²) in [7, 11) is 8.87. The summed E-state index contributed by atoms with van der Waals surface area (Å²) in [6, 6.07) is 10.5. The molecular formula is C21H28ClNO4. The van der Waals surface area contributed by atoms with Crippen molar-refractivity contribution in [2.45, 2.75) is 18.9 Å². The third kappa shape index (κ3) is 4.09. The van der Waals surface area contributed by atoms with E-state index in [9.17, 15) is 0 Å². The molecule has 2 aromatic rings. The molecule has 1 heterocycles. The van der Waals surface area contributed by atoms with Gasteiger partial charge in [0.15, 0.2) is 23.0 Å². The molecule has 0 bridgehead atoms. The molecule has 0 fully saturated rings. The highest BCUT2D eigenvalue weighted by Crippen LogP contribution is 2.43. The van der Waals surface area contributed by atoms with Crippen LogP contribution >= 0.6 is 12.4 Å². The van der Waals surface area contributed by atoms with Gasteiger partial charge in [0.05, 0.1) is 28.4 Å². The number of rotatable bonds is 6. The molecule has 27 heavy (non-hydrogen) atoms. The van der Waals surface area contributed by atoms with Crippen LogP contribution in [0.5, 0.6) is 23.0 Å². The van der Waals surface area contributed by atoms with E-state index in [0.717, 1.165) is 42.4 Å². The lowest BCUT2D eigenvalue weighted by molar-refractivity contribution is 0.220. The van der Waals surface area contributed by atoms with E-state index in [0.29, 0.717) is 0 Å². The molecule has 5 nitrogen and oxygen atoms in total. The van der Waals surface area contributed by atoms with Crippen LogP contribution in [-0.4, -0.2) is 46.9 Å². The smallest absolute Gasteiger partial charge is 0.165 e. The quantitative estimate of drug-likeness (QED) is 0.744. The molecule has 0 spiro atoms. The number of hydrogen-bond donors (Lipinski definition) is 0. The minimum Gasteiger partial charge on any atom is -0.493 e. The Morgan fingerprint density at radius 3 is 2.19 bits per heavy atom. The van der Waals surface area contributed by atoms with Gasteiger partial charge in [-0.25, -0.2) is 0 Å². The Bertz CT molecular complexity index is 781. The van der Waals surface area contributed by atoms with Crippen LogP contribution in [0.3, 0.4) is 0 Å². The van der Waals surface area contributed by atoms with Crippen LogP contribution in [0.25, 0.3) is 0 Å². The van der Waals surface area contributed by atoms with E-state index in [1.54, 1.807) is 28.4 Å². The van der Waals surface area contributed by atoms with Crippen molar-refractivity contribution in [3.8, 4) is 23.0 Å². The monoisotopic (exact) mass is 393 g/mol. The molecule has 148 valence electrons. The second-order valence-electron chi connectivity index (χ2n) is 6.51. The number of fused-ring (bicyclic) bond motifs is 1. The van der Waals surface area contributed by atoms with E-state index >= 15 is 0 Å². The second kappa shape index (κ2) is 9.20. The normalized spacial score (nSPS) is 16.1. The molecule has 0 saturated heterocycles. The topological polar surface area (TPSA) is 40.2 Å². The maximum Gasteiger partial charge on any atom is 0.165 e. The summed E-state index contributed by atoms with van der Waals surface area (Å²) < 4.78 is 22.1. The van der Waals surface area contributed by atoms with Crippen molar-refractivity contribution >= 4 is 12.4 Å². The fraction of sp³-hybridized carbons (Fsp3) is 0.429. The predicted octanol–water partition coefficient (Wildman–Crippen LogP) is 3.91. The van der Waals surface area contributed by atoms with Crippen molar-refractivity contribution in [2.75, 3.05) is 42.0 Å². The molecule has 0 amide bonds. The summed E-state index contributed by atoms with van der Waals surface area (Å²) in [5.74, 6) is 3.11. The number of nitrogens with zero attached hydrogens (tertiary/aromatic N) is 1. The van der Waals surface area contributed by atoms with Crippen LogP contribution in [0.15, 0.2) is 30.3 Å². The summed E-state index contributed by atoms with van der Waals surface area (Å²) in [5.41, 5.74) is 3.74. The van der Waals surface area contributed by atoms with Crippen LogP contribution in [0.2, 0.25) is 0 Å². The van der Waals surface area contributed by atoms with Crippen LogP contribution in [0.4, 0.5) is 0 Å². The van der Waals surface area contributed by atoms with Gasteiger partial charge in [0.1, 0.15) is 0 Å². The van der Waals surface area contributed by atoms with Gasteiger partial charge in [-0.15, -0.1) is 12.4 Å². The molecule has 1 aliphatic rings. The lowest BCUT2D eigenvalue weighted by atomic mass is 9.88. The first-order valence-electron chi connectivity index (χ1n) is 8.77. The molecule has 3 rings (SSSR count). The van der Waals surface area contributed by atoms with Crippen LogP contribution in [-0.2, 0) is 12.8 Å². The number of halogens is 1. The third-order valence-corrected chi connectivity index (χ3v) is 5.15. The summed E-state index contributed by atoms with van der Waals surface area (Å²) in [4.78, 5) is 2.38. The summed E-state index contributed by atoms with van der Waals surface area (Å²) >= 11 is 0. The predicted molar refractivity (Wildman–Crippen MR) is 109 cm³/mol. The standard InChI is InChI=1S/C21H27NO4.ClH/c1-22-11-10-15-7-9-18(24-3)21(26-5)20(15)16(22)12-14-6-8-17(23-2)19(13-14)25-4;/h6-9,13,16H,10-12H2,1-5H3;1H. The summed E-state index contributed by atoms with van der Waals surface area (Å²) in [6.45, 7) is 1.01. The molecule has 1 unspecified atom stereocenters. The van der Waals surface area contributed by atoms with Crippen molar-refractivity contribution in [1.82, 2.24) is 4.90 Å². The van der Waals surface area contributed by atoms with Crippen LogP contribution in [0, 0.1) is 0 Å². The Kier molecular flexibility index (Phi) is 7.22. The molecule has 0 saturated carbocycles. The van der Waals surface area contributed by atoms with E-state index in [1.807, 2.05) is 18.2 Å². The Morgan fingerprint density at radius 1 is 0.889 bits per heavy atom. The maximum absolute atomic E-state index is 5.74. The van der Waals surface area contributed by atoms with Crippen molar-refractivity contribution in [3.05, 3.63) is 47.0 Å². The molecule has 1 aliphatic heterocycles. The molecule has 0 aromatic heterocycles. The van der Waals surface area contributed by atoms with Gasteiger partial charge in [-0.05, 0) is 49.2 Å². The van der Waals surface area contributed by atoms with Gasteiger partial charge in [-0.2, -0.15) is 0 Å². The van der Waals surface area contributed by atoms with Crippen LogP contribution in [0.1, 0.15) is 22.7 Å². The Hall–Kier alpha value is -2.11. The highest BCUT2D eigenvalue weighted by atomic mass is 35.5. The first kappa shape index (κ1) is 21.2. The fourth-order valence-electron chi connectivity index (χ4n) is 3.74. The van der Waals surface area contributed by atoms with E-state index in [-0.39, 0.29) is 18.4 Å². The summed E-state index contributed by atoms with van der Waals surface area (Å²) in [6.07, 6.45) is 1.86. The fourth-order valence-corrected chi connectivity index (χ4v) is 3.74. The number of ether oxygens (including phenoxy) is 4. The van der Waals surface area contributed by atoms with Crippen LogP contribution < -0.4 is 18.9 Å².